The van der Waals surface area contributed by atoms with E-state index in [9.17, 15) is 9.59 Å². The van der Waals surface area contributed by atoms with Crippen LogP contribution in [0.1, 0.15) is 18.1 Å². The molecule has 142 valence electrons. The van der Waals surface area contributed by atoms with E-state index in [2.05, 4.69) is 9.99 Å². The number of hydrogen-bond acceptors (Lipinski definition) is 4. The summed E-state index contributed by atoms with van der Waals surface area (Å²) >= 11 is 5.89. The molecule has 3 rings (SSSR count). The molecule has 0 bridgehead atoms. The van der Waals surface area contributed by atoms with Gasteiger partial charge in [-0.2, -0.15) is 0 Å². The van der Waals surface area contributed by atoms with Gasteiger partial charge in [0.25, 0.3) is 5.91 Å². The van der Waals surface area contributed by atoms with E-state index < -0.39 is 12.0 Å². The van der Waals surface area contributed by atoms with Crippen LogP contribution in [0.25, 0.3) is 12.2 Å². The number of amides is 1. The molecule has 2 N–H and O–H groups in total. The number of anilines is 1. The minimum absolute atomic E-state index is 0.00537. The molecule has 0 aromatic heterocycles. The van der Waals surface area contributed by atoms with Crippen LogP contribution in [0.2, 0.25) is 5.02 Å². The Labute approximate surface area is 167 Å². The van der Waals surface area contributed by atoms with Crippen molar-refractivity contribution in [1.82, 2.24) is 0 Å². The standard InChI is InChI=1S/C21H18ClN3O3/c1-14(26)28-24-21(23)19-12-9-16-4-2-3-5-18(16)25(19)20(27)13-8-15-6-10-17(22)11-7-15/h2-13,19H,1H3,(H2,23,24)/b13-8+. The Morgan fingerprint density at radius 1 is 1.18 bits per heavy atom. The van der Waals surface area contributed by atoms with Crippen LogP contribution in [-0.2, 0) is 14.4 Å². The quantitative estimate of drug-likeness (QED) is 0.282. The maximum absolute atomic E-state index is 13.0. The second kappa shape index (κ2) is 8.54. The van der Waals surface area contributed by atoms with Gasteiger partial charge in [-0.3, -0.25) is 9.69 Å². The Kier molecular flexibility index (Phi) is 5.91. The highest BCUT2D eigenvalue weighted by Gasteiger charge is 2.29. The van der Waals surface area contributed by atoms with Crippen molar-refractivity contribution in [2.75, 3.05) is 4.90 Å². The van der Waals surface area contributed by atoms with E-state index in [0.29, 0.717) is 10.7 Å². The summed E-state index contributed by atoms with van der Waals surface area (Å²) in [6.45, 7) is 1.22. The monoisotopic (exact) mass is 395 g/mol. The molecule has 1 aliphatic rings. The maximum atomic E-state index is 13.0. The van der Waals surface area contributed by atoms with Gasteiger partial charge in [0.05, 0.1) is 5.69 Å². The number of oxime groups is 1. The smallest absolute Gasteiger partial charge is 0.332 e. The first kappa shape index (κ1) is 19.4. The van der Waals surface area contributed by atoms with E-state index in [1.165, 1.54) is 17.9 Å². The van der Waals surface area contributed by atoms with Gasteiger partial charge >= 0.3 is 5.97 Å². The number of nitrogens with zero attached hydrogens (tertiary/aromatic N) is 2. The Bertz CT molecular complexity index is 981. The second-order valence-electron chi connectivity index (χ2n) is 6.05. The fourth-order valence-electron chi connectivity index (χ4n) is 2.76. The molecule has 0 saturated heterocycles. The van der Waals surface area contributed by atoms with Gasteiger partial charge in [-0.05, 0) is 35.4 Å². The number of fused-ring (bicyclic) bond motifs is 1. The number of halogens is 1. The zero-order valence-corrected chi connectivity index (χ0v) is 15.8. The first-order valence-corrected chi connectivity index (χ1v) is 8.88. The van der Waals surface area contributed by atoms with Crippen molar-refractivity contribution < 1.29 is 14.4 Å². The van der Waals surface area contributed by atoms with Crippen LogP contribution in [0.4, 0.5) is 5.69 Å². The van der Waals surface area contributed by atoms with E-state index in [-0.39, 0.29) is 11.7 Å². The number of carbonyl (C=O) groups is 2. The van der Waals surface area contributed by atoms with E-state index in [0.717, 1.165) is 11.1 Å². The number of rotatable bonds is 4. The van der Waals surface area contributed by atoms with E-state index in [1.54, 1.807) is 24.3 Å². The summed E-state index contributed by atoms with van der Waals surface area (Å²) in [7, 11) is 0. The summed E-state index contributed by atoms with van der Waals surface area (Å²) < 4.78 is 0. The molecule has 0 fully saturated rings. The van der Waals surface area contributed by atoms with Crippen molar-refractivity contribution in [3.05, 3.63) is 76.8 Å². The summed E-state index contributed by atoms with van der Waals surface area (Å²) in [5, 5.41) is 4.26. The molecule has 28 heavy (non-hydrogen) atoms. The number of benzene rings is 2. The normalized spacial score (nSPS) is 16.1. The minimum Gasteiger partial charge on any atom is -0.382 e. The highest BCUT2D eigenvalue weighted by Crippen LogP contribution is 2.29. The van der Waals surface area contributed by atoms with Crippen LogP contribution in [0.5, 0.6) is 0 Å². The second-order valence-corrected chi connectivity index (χ2v) is 6.49. The van der Waals surface area contributed by atoms with E-state index in [4.69, 9.17) is 17.3 Å². The van der Waals surface area contributed by atoms with Crippen LogP contribution in [0, 0.1) is 0 Å². The first-order chi connectivity index (χ1) is 13.5. The molecule has 0 spiro atoms. The summed E-state index contributed by atoms with van der Waals surface area (Å²) in [6, 6.07) is 13.9. The van der Waals surface area contributed by atoms with Gasteiger partial charge in [0.2, 0.25) is 0 Å². The molecule has 6 nitrogen and oxygen atoms in total. The Balaban J connectivity index is 1.93. The highest BCUT2D eigenvalue weighted by atomic mass is 35.5. The minimum atomic E-state index is -0.684. The third-order valence-corrected chi connectivity index (χ3v) is 4.29. The average Bonchev–Trinajstić information content (AvgIpc) is 2.70. The van der Waals surface area contributed by atoms with Crippen LogP contribution < -0.4 is 10.6 Å². The van der Waals surface area contributed by atoms with Crippen LogP contribution in [-0.4, -0.2) is 23.8 Å². The van der Waals surface area contributed by atoms with Crippen LogP contribution in [0.15, 0.2) is 65.8 Å². The molecule has 1 unspecified atom stereocenters. The fraction of sp³-hybridized carbons (Fsp3) is 0.0952. The van der Waals surface area contributed by atoms with Gasteiger partial charge in [-0.1, -0.05) is 59.2 Å². The largest absolute Gasteiger partial charge is 0.382 e. The zero-order valence-electron chi connectivity index (χ0n) is 15.1. The first-order valence-electron chi connectivity index (χ1n) is 8.51. The zero-order chi connectivity index (χ0) is 20.1. The van der Waals surface area contributed by atoms with Crippen molar-refractivity contribution in [2.24, 2.45) is 10.9 Å². The lowest BCUT2D eigenvalue weighted by Crippen LogP contribution is -2.48. The SMILES string of the molecule is CC(=O)ON=C(N)C1C=Cc2ccccc2N1C(=O)/C=C/c1ccc(Cl)cc1. The summed E-state index contributed by atoms with van der Waals surface area (Å²) in [5.41, 5.74) is 8.38. The summed E-state index contributed by atoms with van der Waals surface area (Å²) in [5.74, 6) is -0.893. The van der Waals surface area contributed by atoms with Crippen molar-refractivity contribution >= 4 is 47.2 Å². The number of hydrogen-bond donors (Lipinski definition) is 1. The molecule has 0 radical (unpaired) electrons. The lowest BCUT2D eigenvalue weighted by atomic mass is 10.0. The fourth-order valence-corrected chi connectivity index (χ4v) is 2.88. The number of nitrogens with two attached hydrogens (primary N) is 1. The van der Waals surface area contributed by atoms with E-state index >= 15 is 0 Å². The third-order valence-electron chi connectivity index (χ3n) is 4.04. The number of amidine groups is 1. The maximum Gasteiger partial charge on any atom is 0.332 e. The summed E-state index contributed by atoms with van der Waals surface area (Å²) in [4.78, 5) is 30.2. The Hall–Kier alpha value is -3.38. The van der Waals surface area contributed by atoms with Gasteiger partial charge in [-0.25, -0.2) is 4.79 Å². The molecule has 2 aromatic carbocycles. The van der Waals surface area contributed by atoms with E-state index in [1.807, 2.05) is 42.5 Å². The molecule has 1 atom stereocenters. The van der Waals surface area contributed by atoms with Gasteiger partial charge in [0.15, 0.2) is 5.84 Å². The lowest BCUT2D eigenvalue weighted by molar-refractivity contribution is -0.140. The predicted octanol–water partition coefficient (Wildman–Crippen LogP) is 3.62. The molecule has 0 saturated carbocycles. The molecular weight excluding hydrogens is 378 g/mol. The van der Waals surface area contributed by atoms with Gasteiger partial charge < -0.3 is 10.6 Å². The van der Waals surface area contributed by atoms with Gasteiger partial charge in [0, 0.05) is 18.0 Å². The van der Waals surface area contributed by atoms with Crippen molar-refractivity contribution in [2.45, 2.75) is 13.0 Å². The molecule has 1 aliphatic heterocycles. The molecule has 7 heteroatoms. The third kappa shape index (κ3) is 4.47. The highest BCUT2D eigenvalue weighted by molar-refractivity contribution is 6.30. The van der Waals surface area contributed by atoms with Crippen molar-refractivity contribution in [3.8, 4) is 0 Å². The molecule has 1 amide bonds. The predicted molar refractivity (Wildman–Crippen MR) is 111 cm³/mol. The summed E-state index contributed by atoms with van der Waals surface area (Å²) in [6.07, 6.45) is 6.73. The molecular formula is C21H18ClN3O3. The molecule has 1 heterocycles. The van der Waals surface area contributed by atoms with Crippen molar-refractivity contribution in [3.63, 3.8) is 0 Å². The van der Waals surface area contributed by atoms with Gasteiger partial charge in [-0.15, -0.1) is 0 Å². The number of para-hydroxylation sites is 1. The topological polar surface area (TPSA) is 85.0 Å². The van der Waals surface area contributed by atoms with Crippen LogP contribution in [0.3, 0.4) is 0 Å². The molecule has 2 aromatic rings. The van der Waals surface area contributed by atoms with Crippen molar-refractivity contribution in [1.29, 1.82) is 0 Å². The van der Waals surface area contributed by atoms with Gasteiger partial charge in [0.1, 0.15) is 6.04 Å². The molecule has 0 aliphatic carbocycles. The lowest BCUT2D eigenvalue weighted by Gasteiger charge is -2.32. The number of carbonyl (C=O) groups excluding carboxylic acids is 2. The Morgan fingerprint density at radius 3 is 2.61 bits per heavy atom. The van der Waals surface area contributed by atoms with Crippen LogP contribution >= 0.6 is 11.6 Å². The Morgan fingerprint density at radius 2 is 1.89 bits per heavy atom. The average molecular weight is 396 g/mol.